The van der Waals surface area contributed by atoms with E-state index in [4.69, 9.17) is 22.1 Å². The summed E-state index contributed by atoms with van der Waals surface area (Å²) in [6.45, 7) is 5.50. The lowest BCUT2D eigenvalue weighted by Gasteiger charge is -2.36. The van der Waals surface area contributed by atoms with Gasteiger partial charge in [-0.15, -0.1) is 0 Å². The zero-order valence-corrected chi connectivity index (χ0v) is 15.1. The Morgan fingerprint density at radius 2 is 2.16 bits per heavy atom. The SMILES string of the molecule is CC(C)(C)OC(=O)N1CC[C@H](Nc2cc(Cl)ncc2C(N)=O)[C@H](F)C1. The lowest BCUT2D eigenvalue weighted by Crippen LogP contribution is -2.51. The van der Waals surface area contributed by atoms with Gasteiger partial charge in [0.05, 0.1) is 23.8 Å². The summed E-state index contributed by atoms with van der Waals surface area (Å²) < 4.78 is 19.8. The molecule has 1 saturated heterocycles. The number of carbonyl (C=O) groups is 2. The standard InChI is InChI=1S/C16H22ClFN4O3/c1-16(2,3)25-15(24)22-5-4-11(10(18)8-22)21-12-6-13(17)20-7-9(12)14(19)23/h6-7,10-11H,4-5,8H2,1-3H3,(H2,19,23)(H,20,21)/t10-,11+/m1/s1. The zero-order valence-electron chi connectivity index (χ0n) is 14.4. The summed E-state index contributed by atoms with van der Waals surface area (Å²) in [4.78, 5) is 28.6. The predicted octanol–water partition coefficient (Wildman–Crippen LogP) is 2.59. The van der Waals surface area contributed by atoms with Gasteiger partial charge in [0.2, 0.25) is 0 Å². The Balaban J connectivity index is 2.04. The van der Waals surface area contributed by atoms with Crippen LogP contribution in [0.1, 0.15) is 37.6 Å². The van der Waals surface area contributed by atoms with Gasteiger partial charge >= 0.3 is 6.09 Å². The molecule has 0 aromatic carbocycles. The van der Waals surface area contributed by atoms with Crippen LogP contribution < -0.4 is 11.1 Å². The Bertz CT molecular complexity index is 665. The van der Waals surface area contributed by atoms with E-state index < -0.39 is 29.8 Å². The highest BCUT2D eigenvalue weighted by molar-refractivity contribution is 6.29. The van der Waals surface area contributed by atoms with E-state index in [9.17, 15) is 14.0 Å². The van der Waals surface area contributed by atoms with Crippen LogP contribution in [0.15, 0.2) is 12.3 Å². The molecule has 0 unspecified atom stereocenters. The summed E-state index contributed by atoms with van der Waals surface area (Å²) in [6.07, 6.45) is -0.290. The molecule has 2 atom stereocenters. The van der Waals surface area contributed by atoms with Crippen molar-refractivity contribution in [3.05, 3.63) is 23.0 Å². The van der Waals surface area contributed by atoms with Crippen LogP contribution in [-0.2, 0) is 4.74 Å². The maximum atomic E-state index is 14.5. The smallest absolute Gasteiger partial charge is 0.410 e. The highest BCUT2D eigenvalue weighted by Gasteiger charge is 2.34. The molecule has 0 radical (unpaired) electrons. The Hall–Kier alpha value is -2.09. The second-order valence-corrected chi connectivity index (χ2v) is 7.29. The fourth-order valence-electron chi connectivity index (χ4n) is 2.51. The third-order valence-electron chi connectivity index (χ3n) is 3.67. The van der Waals surface area contributed by atoms with Crippen molar-refractivity contribution in [2.75, 3.05) is 18.4 Å². The first-order valence-corrected chi connectivity index (χ1v) is 8.28. The minimum atomic E-state index is -1.34. The number of primary amides is 1. The van der Waals surface area contributed by atoms with Gasteiger partial charge in [-0.25, -0.2) is 14.2 Å². The molecule has 9 heteroatoms. The molecule has 2 heterocycles. The van der Waals surface area contributed by atoms with Crippen molar-refractivity contribution in [1.29, 1.82) is 0 Å². The number of anilines is 1. The number of nitrogens with one attached hydrogen (secondary N) is 1. The number of likely N-dealkylation sites (tertiary alicyclic amines) is 1. The Kier molecular flexibility index (Phi) is 5.72. The number of hydrogen-bond acceptors (Lipinski definition) is 5. The van der Waals surface area contributed by atoms with E-state index in [1.165, 1.54) is 17.2 Å². The van der Waals surface area contributed by atoms with Gasteiger partial charge in [0.1, 0.15) is 16.9 Å². The molecule has 0 bridgehead atoms. The van der Waals surface area contributed by atoms with E-state index in [1.807, 2.05) is 0 Å². The molecule has 0 saturated carbocycles. The molecule has 2 rings (SSSR count). The third-order valence-corrected chi connectivity index (χ3v) is 3.88. The van der Waals surface area contributed by atoms with Crippen molar-refractivity contribution >= 4 is 29.3 Å². The number of nitrogens with zero attached hydrogens (tertiary/aromatic N) is 2. The van der Waals surface area contributed by atoms with Crippen LogP contribution in [-0.4, -0.2) is 52.8 Å². The lowest BCUT2D eigenvalue weighted by molar-refractivity contribution is 0.0125. The first-order valence-electron chi connectivity index (χ1n) is 7.90. The molecule has 2 amide bonds. The average molecular weight is 373 g/mol. The average Bonchev–Trinajstić information content (AvgIpc) is 2.47. The number of piperidine rings is 1. The van der Waals surface area contributed by atoms with Crippen molar-refractivity contribution in [2.45, 2.75) is 45.0 Å². The minimum Gasteiger partial charge on any atom is -0.444 e. The first-order chi connectivity index (χ1) is 11.6. The summed E-state index contributed by atoms with van der Waals surface area (Å²) in [5.74, 6) is -0.687. The summed E-state index contributed by atoms with van der Waals surface area (Å²) >= 11 is 5.84. The molecule has 7 nitrogen and oxygen atoms in total. The molecular formula is C16H22ClFN4O3. The maximum absolute atomic E-state index is 14.5. The highest BCUT2D eigenvalue weighted by Crippen LogP contribution is 2.24. The molecule has 0 aliphatic carbocycles. The van der Waals surface area contributed by atoms with E-state index in [0.29, 0.717) is 18.7 Å². The number of nitrogens with two attached hydrogens (primary N) is 1. The molecule has 1 aliphatic rings. The van der Waals surface area contributed by atoms with Crippen LogP contribution in [0.4, 0.5) is 14.9 Å². The number of carbonyl (C=O) groups excluding carboxylic acids is 2. The van der Waals surface area contributed by atoms with Crippen LogP contribution in [0.3, 0.4) is 0 Å². The van der Waals surface area contributed by atoms with Gasteiger partial charge in [-0.2, -0.15) is 0 Å². The maximum Gasteiger partial charge on any atom is 0.410 e. The molecule has 3 N–H and O–H groups in total. The van der Waals surface area contributed by atoms with Crippen molar-refractivity contribution in [2.24, 2.45) is 5.73 Å². The summed E-state index contributed by atoms with van der Waals surface area (Å²) in [5, 5.41) is 3.11. The third kappa shape index (κ3) is 5.19. The van der Waals surface area contributed by atoms with Gasteiger partial charge in [0.15, 0.2) is 0 Å². The second-order valence-electron chi connectivity index (χ2n) is 6.90. The topological polar surface area (TPSA) is 97.6 Å². The quantitative estimate of drug-likeness (QED) is 0.795. The van der Waals surface area contributed by atoms with E-state index in [2.05, 4.69) is 10.3 Å². The minimum absolute atomic E-state index is 0.0999. The normalized spacial score (nSPS) is 20.9. The van der Waals surface area contributed by atoms with E-state index in [0.717, 1.165) is 0 Å². The van der Waals surface area contributed by atoms with E-state index >= 15 is 0 Å². The van der Waals surface area contributed by atoms with Gasteiger partial charge in [0, 0.05) is 12.7 Å². The predicted molar refractivity (Wildman–Crippen MR) is 92.5 cm³/mol. The fraction of sp³-hybridized carbons (Fsp3) is 0.562. The number of aromatic nitrogens is 1. The second kappa shape index (κ2) is 7.43. The molecule has 1 aromatic heterocycles. The highest BCUT2D eigenvalue weighted by atomic mass is 35.5. The van der Waals surface area contributed by atoms with Crippen LogP contribution in [0.25, 0.3) is 0 Å². The van der Waals surface area contributed by atoms with E-state index in [-0.39, 0.29) is 17.3 Å². The summed E-state index contributed by atoms with van der Waals surface area (Å²) in [5.41, 5.74) is 5.12. The summed E-state index contributed by atoms with van der Waals surface area (Å²) in [7, 11) is 0. The van der Waals surface area contributed by atoms with E-state index in [1.54, 1.807) is 20.8 Å². The molecule has 1 aromatic rings. The van der Waals surface area contributed by atoms with Gasteiger partial charge in [-0.05, 0) is 33.3 Å². The van der Waals surface area contributed by atoms with Gasteiger partial charge in [-0.1, -0.05) is 11.6 Å². The molecular weight excluding hydrogens is 351 g/mol. The number of alkyl halides is 1. The number of pyridine rings is 1. The van der Waals surface area contributed by atoms with Crippen molar-refractivity contribution < 1.29 is 18.7 Å². The molecule has 1 fully saturated rings. The Labute approximate surface area is 150 Å². The van der Waals surface area contributed by atoms with Gasteiger partial charge < -0.3 is 20.7 Å². The van der Waals surface area contributed by atoms with Crippen molar-refractivity contribution in [3.63, 3.8) is 0 Å². The number of hydrogen-bond donors (Lipinski definition) is 2. The Morgan fingerprint density at radius 3 is 2.72 bits per heavy atom. The number of ether oxygens (including phenoxy) is 1. The zero-order chi connectivity index (χ0) is 18.8. The van der Waals surface area contributed by atoms with Crippen molar-refractivity contribution in [1.82, 2.24) is 9.88 Å². The molecule has 25 heavy (non-hydrogen) atoms. The van der Waals surface area contributed by atoms with Crippen LogP contribution in [0.2, 0.25) is 5.15 Å². The van der Waals surface area contributed by atoms with Crippen LogP contribution in [0, 0.1) is 0 Å². The number of halogens is 2. The monoisotopic (exact) mass is 372 g/mol. The van der Waals surface area contributed by atoms with Gasteiger partial charge in [-0.3, -0.25) is 4.79 Å². The number of amides is 2. The fourth-order valence-corrected chi connectivity index (χ4v) is 2.66. The summed E-state index contributed by atoms with van der Waals surface area (Å²) in [6, 6.07) is 0.837. The number of rotatable bonds is 3. The van der Waals surface area contributed by atoms with Crippen LogP contribution in [0.5, 0.6) is 0 Å². The molecule has 138 valence electrons. The largest absolute Gasteiger partial charge is 0.444 e. The first kappa shape index (κ1) is 19.2. The lowest BCUT2D eigenvalue weighted by atomic mass is 10.0. The molecule has 1 aliphatic heterocycles. The van der Waals surface area contributed by atoms with Gasteiger partial charge in [0.25, 0.3) is 5.91 Å². The molecule has 0 spiro atoms. The Morgan fingerprint density at radius 1 is 1.48 bits per heavy atom. The van der Waals surface area contributed by atoms with Crippen LogP contribution >= 0.6 is 11.6 Å². The van der Waals surface area contributed by atoms with Crippen molar-refractivity contribution in [3.8, 4) is 0 Å².